The fourth-order valence-corrected chi connectivity index (χ4v) is 7.48. The summed E-state index contributed by atoms with van der Waals surface area (Å²) in [6.45, 7) is 3.24. The first-order chi connectivity index (χ1) is 14.4. The second kappa shape index (κ2) is 8.84. The van der Waals surface area contributed by atoms with Gasteiger partial charge in [0.2, 0.25) is 10.0 Å². The molecule has 4 rings (SSSR count). The molecule has 0 bridgehead atoms. The van der Waals surface area contributed by atoms with Crippen LogP contribution in [-0.4, -0.2) is 38.3 Å². The van der Waals surface area contributed by atoms with Gasteiger partial charge in [0.25, 0.3) is 5.91 Å². The highest BCUT2D eigenvalue weighted by Gasteiger charge is 2.27. The molecule has 6 nitrogen and oxygen atoms in total. The Morgan fingerprint density at radius 1 is 1.23 bits per heavy atom. The van der Waals surface area contributed by atoms with Crippen molar-refractivity contribution in [3.05, 3.63) is 39.5 Å². The van der Waals surface area contributed by atoms with Crippen LogP contribution in [0.1, 0.15) is 35.9 Å². The van der Waals surface area contributed by atoms with E-state index in [9.17, 15) is 13.2 Å². The first-order valence-electron chi connectivity index (χ1n) is 9.65. The number of carbonyl (C=O) groups is 1. The highest BCUT2D eigenvalue weighted by Crippen LogP contribution is 2.39. The maximum Gasteiger partial charge on any atom is 0.267 e. The van der Waals surface area contributed by atoms with Gasteiger partial charge in [0, 0.05) is 18.5 Å². The largest absolute Gasteiger partial charge is 0.492 e. The lowest BCUT2D eigenvalue weighted by Gasteiger charge is -2.26. The zero-order chi connectivity index (χ0) is 21.3. The minimum Gasteiger partial charge on any atom is -0.492 e. The topological polar surface area (TPSA) is 75.7 Å². The van der Waals surface area contributed by atoms with Crippen LogP contribution in [0.3, 0.4) is 0 Å². The van der Waals surface area contributed by atoms with Crippen LogP contribution in [0, 0.1) is 0 Å². The summed E-state index contributed by atoms with van der Waals surface area (Å²) in [4.78, 5) is 13.5. The molecule has 1 saturated heterocycles. The van der Waals surface area contributed by atoms with E-state index in [4.69, 9.17) is 16.3 Å². The first-order valence-corrected chi connectivity index (χ1v) is 13.2. The minimum absolute atomic E-state index is 0.140. The summed E-state index contributed by atoms with van der Waals surface area (Å²) in [6.07, 6.45) is 2.75. The summed E-state index contributed by atoms with van der Waals surface area (Å²) in [6, 6.07) is 6.47. The molecular weight excluding hydrogens is 464 g/mol. The first kappa shape index (κ1) is 21.6. The van der Waals surface area contributed by atoms with Crippen molar-refractivity contribution in [2.75, 3.05) is 25.0 Å². The van der Waals surface area contributed by atoms with Gasteiger partial charge in [-0.2, -0.15) is 4.31 Å². The molecule has 2 aromatic heterocycles. The molecule has 1 aliphatic rings. The number of amides is 1. The molecule has 3 aromatic rings. The molecule has 10 heteroatoms. The SMILES string of the molecule is CCOc1ccc(S(=O)(=O)N2CCCCC2)cc1NC(=O)c1sc2sccc2c1Cl. The molecule has 0 radical (unpaired) electrons. The van der Waals surface area contributed by atoms with Crippen LogP contribution in [0.5, 0.6) is 5.75 Å². The molecule has 160 valence electrons. The standard InChI is InChI=1S/C20H21ClN2O4S3/c1-2-27-16-7-6-13(30(25,26)23-9-4-3-5-10-23)12-15(16)22-19(24)18-17(21)14-8-11-28-20(14)29-18/h6-8,11-12H,2-5,9-10H2,1H3,(H,22,24). The van der Waals surface area contributed by atoms with Gasteiger partial charge in [-0.1, -0.05) is 18.0 Å². The quantitative estimate of drug-likeness (QED) is 0.505. The summed E-state index contributed by atoms with van der Waals surface area (Å²) in [5, 5.41) is 5.99. The van der Waals surface area contributed by atoms with Crippen LogP contribution < -0.4 is 10.1 Å². The number of hydrogen-bond acceptors (Lipinski definition) is 6. The van der Waals surface area contributed by atoms with E-state index in [1.165, 1.54) is 39.1 Å². The summed E-state index contributed by atoms with van der Waals surface area (Å²) in [7, 11) is -3.63. The minimum atomic E-state index is -3.63. The predicted octanol–water partition coefficient (Wildman–Crippen LogP) is 5.44. The van der Waals surface area contributed by atoms with Crippen LogP contribution in [0.15, 0.2) is 34.5 Å². The third-order valence-corrected chi connectivity index (χ3v) is 9.56. The molecule has 3 heterocycles. The number of nitrogens with zero attached hydrogens (tertiary/aromatic N) is 1. The number of ether oxygens (including phenoxy) is 1. The highest BCUT2D eigenvalue weighted by atomic mass is 35.5. The Hall–Kier alpha value is -1.65. The Balaban J connectivity index is 1.66. The third-order valence-electron chi connectivity index (χ3n) is 4.92. The monoisotopic (exact) mass is 484 g/mol. The van der Waals surface area contributed by atoms with E-state index in [1.807, 2.05) is 18.4 Å². The second-order valence-electron chi connectivity index (χ2n) is 6.88. The van der Waals surface area contributed by atoms with Crippen molar-refractivity contribution in [2.24, 2.45) is 0 Å². The van der Waals surface area contributed by atoms with Gasteiger partial charge in [-0.15, -0.1) is 22.7 Å². The van der Waals surface area contributed by atoms with Crippen LogP contribution in [0.4, 0.5) is 5.69 Å². The summed E-state index contributed by atoms with van der Waals surface area (Å²) in [5.41, 5.74) is 0.313. The number of halogens is 1. The Labute approximate surface area is 188 Å². The van der Waals surface area contributed by atoms with Gasteiger partial charge >= 0.3 is 0 Å². The smallest absolute Gasteiger partial charge is 0.267 e. The lowest BCUT2D eigenvalue weighted by Crippen LogP contribution is -2.35. The van der Waals surface area contributed by atoms with Crippen molar-refractivity contribution >= 4 is 65.3 Å². The van der Waals surface area contributed by atoms with E-state index in [1.54, 1.807) is 6.07 Å². The molecule has 0 saturated carbocycles. The molecule has 1 amide bonds. The average molecular weight is 485 g/mol. The van der Waals surface area contributed by atoms with E-state index >= 15 is 0 Å². The fraction of sp³-hybridized carbons (Fsp3) is 0.350. The number of hydrogen-bond donors (Lipinski definition) is 1. The number of anilines is 1. The number of piperidine rings is 1. The van der Waals surface area contributed by atoms with Crippen molar-refractivity contribution in [2.45, 2.75) is 31.1 Å². The van der Waals surface area contributed by atoms with Gasteiger partial charge < -0.3 is 10.1 Å². The summed E-state index contributed by atoms with van der Waals surface area (Å²) >= 11 is 9.23. The van der Waals surface area contributed by atoms with E-state index in [-0.39, 0.29) is 10.8 Å². The molecule has 30 heavy (non-hydrogen) atoms. The van der Waals surface area contributed by atoms with Crippen LogP contribution in [0.2, 0.25) is 5.02 Å². The molecule has 0 atom stereocenters. The van der Waals surface area contributed by atoms with Crippen LogP contribution in [-0.2, 0) is 10.0 Å². The van der Waals surface area contributed by atoms with Gasteiger partial charge in [0.1, 0.15) is 10.6 Å². The molecular formula is C20H21ClN2O4S3. The van der Waals surface area contributed by atoms with Gasteiger partial charge in [-0.25, -0.2) is 8.42 Å². The van der Waals surface area contributed by atoms with Gasteiger partial charge in [0.05, 0.1) is 26.2 Å². The number of thiophene rings is 2. The molecule has 1 N–H and O–H groups in total. The normalized spacial score (nSPS) is 15.4. The van der Waals surface area contributed by atoms with Crippen LogP contribution >= 0.6 is 34.3 Å². The number of benzene rings is 1. The number of rotatable bonds is 6. The zero-order valence-corrected chi connectivity index (χ0v) is 19.5. The summed E-state index contributed by atoms with van der Waals surface area (Å²) < 4.78 is 34.2. The lowest BCUT2D eigenvalue weighted by atomic mass is 10.2. The Kier molecular flexibility index (Phi) is 6.36. The maximum atomic E-state index is 13.1. The lowest BCUT2D eigenvalue weighted by molar-refractivity contribution is 0.103. The number of sulfonamides is 1. The molecule has 1 fully saturated rings. The summed E-state index contributed by atoms with van der Waals surface area (Å²) in [5.74, 6) is 0.0276. The zero-order valence-electron chi connectivity index (χ0n) is 16.3. The van der Waals surface area contributed by atoms with Crippen LogP contribution in [0.25, 0.3) is 9.40 Å². The van der Waals surface area contributed by atoms with Crippen molar-refractivity contribution in [3.63, 3.8) is 0 Å². The van der Waals surface area contributed by atoms with Gasteiger partial charge in [0.15, 0.2) is 0 Å². The van der Waals surface area contributed by atoms with Crippen molar-refractivity contribution in [3.8, 4) is 5.75 Å². The second-order valence-corrected chi connectivity index (χ2v) is 11.4. The fourth-order valence-electron chi connectivity index (χ4n) is 3.43. The number of nitrogens with one attached hydrogen (secondary N) is 1. The number of carbonyl (C=O) groups excluding carboxylic acids is 1. The Morgan fingerprint density at radius 3 is 2.70 bits per heavy atom. The average Bonchev–Trinajstić information content (AvgIpc) is 3.33. The van der Waals surface area contributed by atoms with E-state index in [2.05, 4.69) is 5.32 Å². The molecule has 1 aromatic carbocycles. The predicted molar refractivity (Wildman–Crippen MR) is 123 cm³/mol. The van der Waals surface area contributed by atoms with Crippen molar-refractivity contribution in [1.82, 2.24) is 4.31 Å². The van der Waals surface area contributed by atoms with Gasteiger partial charge in [-0.05, 0) is 49.4 Å². The maximum absolute atomic E-state index is 13.1. The van der Waals surface area contributed by atoms with Gasteiger partial charge in [-0.3, -0.25) is 4.79 Å². The van der Waals surface area contributed by atoms with E-state index in [0.717, 1.165) is 28.7 Å². The van der Waals surface area contributed by atoms with Crippen molar-refractivity contribution < 1.29 is 17.9 Å². The Bertz CT molecular complexity index is 1180. The molecule has 0 unspecified atom stereocenters. The molecule has 0 aliphatic carbocycles. The van der Waals surface area contributed by atoms with E-state index in [0.29, 0.717) is 41.0 Å². The number of fused-ring (bicyclic) bond motifs is 1. The molecule has 0 spiro atoms. The molecule has 1 aliphatic heterocycles. The van der Waals surface area contributed by atoms with E-state index < -0.39 is 10.0 Å². The van der Waals surface area contributed by atoms with Crippen molar-refractivity contribution in [1.29, 1.82) is 0 Å². The highest BCUT2D eigenvalue weighted by molar-refractivity contribution is 7.89. The Morgan fingerprint density at radius 2 is 2.00 bits per heavy atom. The third kappa shape index (κ3) is 4.09.